The van der Waals surface area contributed by atoms with Gasteiger partial charge in [-0.2, -0.15) is 0 Å². The lowest BCUT2D eigenvalue weighted by atomic mass is 10.0. The van der Waals surface area contributed by atoms with Gasteiger partial charge in [0.2, 0.25) is 5.91 Å². The number of thioether (sulfide) groups is 3. The first-order chi connectivity index (χ1) is 11.7. The molecule has 1 aromatic heterocycles. The molecule has 3 rings (SSSR count). The molecule has 1 aromatic rings. The van der Waals surface area contributed by atoms with Crippen LogP contribution in [0.1, 0.15) is 20.8 Å². The van der Waals surface area contributed by atoms with Crippen molar-refractivity contribution >= 4 is 47.2 Å². The fraction of sp³-hybridized carbons (Fsp3) is 0.714. The maximum Gasteiger partial charge on any atom is 0.325 e. The van der Waals surface area contributed by atoms with Crippen LogP contribution in [0.2, 0.25) is 0 Å². The van der Waals surface area contributed by atoms with E-state index in [1.54, 1.807) is 22.9 Å². The van der Waals surface area contributed by atoms with Crippen molar-refractivity contribution in [2.75, 3.05) is 17.4 Å². The van der Waals surface area contributed by atoms with Crippen LogP contribution in [0, 0.1) is 0 Å². The van der Waals surface area contributed by atoms with E-state index >= 15 is 0 Å². The van der Waals surface area contributed by atoms with E-state index in [0.29, 0.717) is 17.4 Å². The number of fused-ring (bicyclic) bond motifs is 1. The molecule has 0 aliphatic carbocycles. The number of esters is 1. The van der Waals surface area contributed by atoms with Crippen LogP contribution in [0.3, 0.4) is 0 Å². The zero-order valence-electron chi connectivity index (χ0n) is 14.2. The van der Waals surface area contributed by atoms with Crippen LogP contribution in [0.25, 0.3) is 0 Å². The van der Waals surface area contributed by atoms with Gasteiger partial charge in [0.05, 0.1) is 6.20 Å². The second-order valence-corrected chi connectivity index (χ2v) is 10.8. The summed E-state index contributed by atoms with van der Waals surface area (Å²) in [6.45, 7) is 5.87. The summed E-state index contributed by atoms with van der Waals surface area (Å²) >= 11 is 4.56. The third kappa shape index (κ3) is 3.93. The van der Waals surface area contributed by atoms with Crippen molar-refractivity contribution in [3.63, 3.8) is 0 Å². The molecule has 25 heavy (non-hydrogen) atoms. The van der Waals surface area contributed by atoms with Crippen molar-refractivity contribution < 1.29 is 14.3 Å². The number of ether oxygens (including phenoxy) is 1. The SMILES string of the molecule is CC(C)(C)OC(=O)C1(SCSc2cnn[nH]2)CS[C@@H]2C(N)C(=O)N2C1. The van der Waals surface area contributed by atoms with Gasteiger partial charge in [0.1, 0.15) is 26.8 Å². The average molecular weight is 404 g/mol. The van der Waals surface area contributed by atoms with Crippen molar-refractivity contribution in [3.05, 3.63) is 6.20 Å². The highest BCUT2D eigenvalue weighted by atomic mass is 32.2. The standard InChI is InChI=1S/C14H21N5O3S3/c1-13(2,3)22-12(21)14(25-7-24-8-4-16-18-17-8)5-19-10(20)9(15)11(19)23-6-14/h4,9,11H,5-7,15H2,1-3H3,(H,16,17,18)/t9?,11-,14?/m1/s1. The third-order valence-electron chi connectivity index (χ3n) is 3.81. The number of nitrogens with zero attached hydrogens (tertiary/aromatic N) is 3. The first-order valence-electron chi connectivity index (χ1n) is 7.76. The van der Waals surface area contributed by atoms with Crippen LogP contribution in [-0.2, 0) is 14.3 Å². The topological polar surface area (TPSA) is 114 Å². The number of hydrogen-bond donors (Lipinski definition) is 2. The van der Waals surface area contributed by atoms with Gasteiger partial charge in [0.15, 0.2) is 0 Å². The predicted molar refractivity (Wildman–Crippen MR) is 99.2 cm³/mol. The fourth-order valence-corrected chi connectivity index (χ4v) is 6.69. The van der Waals surface area contributed by atoms with Gasteiger partial charge in [0, 0.05) is 17.4 Å². The Morgan fingerprint density at radius 1 is 1.60 bits per heavy atom. The number of nitrogens with one attached hydrogen (secondary N) is 1. The van der Waals surface area contributed by atoms with E-state index < -0.39 is 16.4 Å². The fourth-order valence-electron chi connectivity index (χ4n) is 2.56. The summed E-state index contributed by atoms with van der Waals surface area (Å²) in [5.74, 6) is 0.181. The number of hydrogen-bond acceptors (Lipinski definition) is 9. The Bertz CT molecular complexity index is 651. The number of rotatable bonds is 5. The Morgan fingerprint density at radius 3 is 3.00 bits per heavy atom. The summed E-state index contributed by atoms with van der Waals surface area (Å²) < 4.78 is 4.85. The van der Waals surface area contributed by atoms with Crippen molar-refractivity contribution in [3.8, 4) is 0 Å². The number of nitrogens with two attached hydrogens (primary N) is 1. The zero-order valence-corrected chi connectivity index (χ0v) is 16.7. The molecule has 3 N–H and O–H groups in total. The lowest BCUT2D eigenvalue weighted by molar-refractivity contribution is -0.160. The smallest absolute Gasteiger partial charge is 0.325 e. The van der Waals surface area contributed by atoms with Crippen LogP contribution in [0.4, 0.5) is 0 Å². The number of amides is 1. The van der Waals surface area contributed by atoms with Crippen molar-refractivity contribution in [2.45, 2.75) is 47.6 Å². The van der Waals surface area contributed by atoms with Crippen LogP contribution >= 0.6 is 35.3 Å². The Labute approximate surface area is 158 Å². The first kappa shape index (κ1) is 18.9. The number of aromatic nitrogens is 3. The molecule has 0 spiro atoms. The number of β-lactam (4-membered cyclic amide) rings is 1. The summed E-state index contributed by atoms with van der Waals surface area (Å²) in [7, 11) is 0. The van der Waals surface area contributed by atoms with E-state index in [2.05, 4.69) is 15.4 Å². The summed E-state index contributed by atoms with van der Waals surface area (Å²) in [4.78, 5) is 26.7. The van der Waals surface area contributed by atoms with Crippen LogP contribution in [0.5, 0.6) is 0 Å². The van der Waals surface area contributed by atoms with Gasteiger partial charge >= 0.3 is 5.97 Å². The second kappa shape index (κ2) is 7.01. The minimum absolute atomic E-state index is 0.0341. The van der Waals surface area contributed by atoms with Gasteiger partial charge in [-0.15, -0.1) is 28.6 Å². The minimum Gasteiger partial charge on any atom is -0.459 e. The van der Waals surface area contributed by atoms with Crippen molar-refractivity contribution in [1.29, 1.82) is 0 Å². The third-order valence-corrected chi connectivity index (χ3v) is 7.98. The minimum atomic E-state index is -0.801. The van der Waals surface area contributed by atoms with E-state index in [9.17, 15) is 9.59 Å². The van der Waals surface area contributed by atoms with Crippen LogP contribution in [0.15, 0.2) is 11.2 Å². The molecule has 0 aromatic carbocycles. The monoisotopic (exact) mass is 403 g/mol. The van der Waals surface area contributed by atoms with Gasteiger partial charge in [-0.3, -0.25) is 14.7 Å². The van der Waals surface area contributed by atoms with Crippen LogP contribution < -0.4 is 5.73 Å². The molecule has 11 heteroatoms. The quantitative estimate of drug-likeness (QED) is 0.320. The van der Waals surface area contributed by atoms with E-state index in [1.807, 2.05) is 20.8 Å². The molecule has 0 radical (unpaired) electrons. The lowest BCUT2D eigenvalue weighted by Crippen LogP contribution is -2.73. The summed E-state index contributed by atoms with van der Waals surface area (Å²) in [6.07, 6.45) is 1.63. The molecule has 2 aliphatic heterocycles. The molecule has 2 saturated heterocycles. The van der Waals surface area contributed by atoms with Crippen molar-refractivity contribution in [1.82, 2.24) is 20.3 Å². The zero-order chi connectivity index (χ0) is 18.2. The van der Waals surface area contributed by atoms with Gasteiger partial charge in [-0.25, -0.2) is 0 Å². The Balaban J connectivity index is 1.72. The van der Waals surface area contributed by atoms with E-state index in [-0.39, 0.29) is 17.3 Å². The molecule has 0 bridgehead atoms. The predicted octanol–water partition coefficient (Wildman–Crippen LogP) is 0.910. The molecule has 8 nitrogen and oxygen atoms in total. The maximum absolute atomic E-state index is 12.9. The largest absolute Gasteiger partial charge is 0.459 e. The summed E-state index contributed by atoms with van der Waals surface area (Å²) in [5, 5.41) is 11.6. The molecular formula is C14H21N5O3S3. The van der Waals surface area contributed by atoms with Crippen molar-refractivity contribution in [2.24, 2.45) is 5.73 Å². The van der Waals surface area contributed by atoms with E-state index in [0.717, 1.165) is 5.03 Å². The number of H-pyrrole nitrogens is 1. The highest BCUT2D eigenvalue weighted by Crippen LogP contribution is 2.45. The number of aromatic amines is 1. The molecule has 2 unspecified atom stereocenters. The highest BCUT2D eigenvalue weighted by molar-refractivity contribution is 8.17. The molecular weight excluding hydrogens is 382 g/mol. The molecule has 2 aliphatic rings. The Morgan fingerprint density at radius 2 is 2.36 bits per heavy atom. The highest BCUT2D eigenvalue weighted by Gasteiger charge is 2.57. The molecule has 3 heterocycles. The Hall–Kier alpha value is -0.910. The molecule has 1 amide bonds. The lowest BCUT2D eigenvalue weighted by Gasteiger charge is -2.53. The summed E-state index contributed by atoms with van der Waals surface area (Å²) in [5.41, 5.74) is 5.27. The van der Waals surface area contributed by atoms with Gasteiger partial charge in [0.25, 0.3) is 0 Å². The molecule has 0 saturated carbocycles. The van der Waals surface area contributed by atoms with Gasteiger partial charge < -0.3 is 15.4 Å². The number of carbonyl (C=O) groups excluding carboxylic acids is 2. The molecule has 3 atom stereocenters. The van der Waals surface area contributed by atoms with E-state index in [4.69, 9.17) is 10.5 Å². The first-order valence-corrected chi connectivity index (χ1v) is 10.8. The molecule has 138 valence electrons. The van der Waals surface area contributed by atoms with Gasteiger partial charge in [-0.1, -0.05) is 17.0 Å². The normalized spacial score (nSPS) is 29.1. The van der Waals surface area contributed by atoms with Crippen LogP contribution in [-0.4, -0.2) is 71.3 Å². The van der Waals surface area contributed by atoms with Gasteiger partial charge in [-0.05, 0) is 20.8 Å². The van der Waals surface area contributed by atoms with E-state index in [1.165, 1.54) is 23.5 Å². The Kier molecular flexibility index (Phi) is 5.29. The summed E-state index contributed by atoms with van der Waals surface area (Å²) in [6, 6.07) is -0.461. The second-order valence-electron chi connectivity index (χ2n) is 6.92. The maximum atomic E-state index is 12.9. The number of carbonyl (C=O) groups is 2. The molecule has 2 fully saturated rings. The average Bonchev–Trinajstić information content (AvgIpc) is 3.05.